The third kappa shape index (κ3) is 1.98. The van der Waals surface area contributed by atoms with E-state index in [0.29, 0.717) is 0 Å². The van der Waals surface area contributed by atoms with E-state index in [0.717, 1.165) is 18.5 Å². The Kier molecular flexibility index (Phi) is 3.25. The number of benzene rings is 1. The van der Waals surface area contributed by atoms with Gasteiger partial charge in [-0.25, -0.2) is 0 Å². The minimum Gasteiger partial charge on any atom is -0.389 e. The summed E-state index contributed by atoms with van der Waals surface area (Å²) in [7, 11) is 0. The van der Waals surface area contributed by atoms with Gasteiger partial charge in [0.05, 0.1) is 11.6 Å². The highest BCUT2D eigenvalue weighted by Gasteiger charge is 2.15. The summed E-state index contributed by atoms with van der Waals surface area (Å²) in [6.07, 6.45) is 2.81. The first-order valence-electron chi connectivity index (χ1n) is 6.33. The molecule has 0 saturated carbocycles. The number of nitrogens with zero attached hydrogens (tertiary/aromatic N) is 1. The van der Waals surface area contributed by atoms with Crippen LogP contribution < -0.4 is 0 Å². The summed E-state index contributed by atoms with van der Waals surface area (Å²) in [5.41, 5.74) is 4.86. The third-order valence-electron chi connectivity index (χ3n) is 3.37. The third-order valence-corrected chi connectivity index (χ3v) is 3.37. The highest BCUT2D eigenvalue weighted by atomic mass is 16.3. The maximum absolute atomic E-state index is 9.91. The average molecular weight is 231 g/mol. The fourth-order valence-electron chi connectivity index (χ4n) is 2.56. The molecule has 1 aromatic heterocycles. The SMILES string of the molecule is CCCn1cc(C(C)O)c2c(C)ccc(C)c21. The van der Waals surface area contributed by atoms with Gasteiger partial charge in [-0.1, -0.05) is 19.1 Å². The minimum atomic E-state index is -0.406. The van der Waals surface area contributed by atoms with Crippen molar-refractivity contribution < 1.29 is 5.11 Å². The van der Waals surface area contributed by atoms with Crippen molar-refractivity contribution in [1.29, 1.82) is 0 Å². The normalized spacial score (nSPS) is 13.2. The second-order valence-corrected chi connectivity index (χ2v) is 4.88. The molecule has 0 bridgehead atoms. The zero-order valence-corrected chi connectivity index (χ0v) is 11.1. The van der Waals surface area contributed by atoms with Crippen LogP contribution in [0.3, 0.4) is 0 Å². The van der Waals surface area contributed by atoms with Crippen molar-refractivity contribution in [3.8, 4) is 0 Å². The molecule has 0 spiro atoms. The van der Waals surface area contributed by atoms with Gasteiger partial charge in [-0.2, -0.15) is 0 Å². The molecule has 0 fully saturated rings. The molecule has 0 aliphatic heterocycles. The predicted molar refractivity (Wildman–Crippen MR) is 72.3 cm³/mol. The molecule has 0 saturated heterocycles. The van der Waals surface area contributed by atoms with Gasteiger partial charge in [0.2, 0.25) is 0 Å². The van der Waals surface area contributed by atoms with Crippen molar-refractivity contribution >= 4 is 10.9 Å². The van der Waals surface area contributed by atoms with Gasteiger partial charge >= 0.3 is 0 Å². The van der Waals surface area contributed by atoms with Crippen LogP contribution in [0.2, 0.25) is 0 Å². The first-order valence-corrected chi connectivity index (χ1v) is 6.33. The minimum absolute atomic E-state index is 0.406. The average Bonchev–Trinajstić information content (AvgIpc) is 2.65. The summed E-state index contributed by atoms with van der Waals surface area (Å²) in [6, 6.07) is 4.30. The Morgan fingerprint density at radius 2 is 1.88 bits per heavy atom. The second kappa shape index (κ2) is 4.53. The molecule has 2 heteroatoms. The van der Waals surface area contributed by atoms with E-state index in [1.165, 1.54) is 22.0 Å². The largest absolute Gasteiger partial charge is 0.389 e. The van der Waals surface area contributed by atoms with Crippen molar-refractivity contribution in [3.63, 3.8) is 0 Å². The Morgan fingerprint density at radius 3 is 2.47 bits per heavy atom. The fraction of sp³-hybridized carbons (Fsp3) is 0.467. The standard InChI is InChI=1S/C15H21NO/c1-5-8-16-9-13(12(4)17)14-10(2)6-7-11(3)15(14)16/h6-7,9,12,17H,5,8H2,1-4H3. The Labute approximate surface area is 103 Å². The zero-order chi connectivity index (χ0) is 12.6. The Morgan fingerprint density at radius 1 is 1.24 bits per heavy atom. The molecule has 17 heavy (non-hydrogen) atoms. The number of hydrogen-bond acceptors (Lipinski definition) is 1. The topological polar surface area (TPSA) is 25.2 Å². The summed E-state index contributed by atoms with van der Waals surface area (Å²) < 4.78 is 2.28. The summed E-state index contributed by atoms with van der Waals surface area (Å²) in [5, 5.41) is 11.1. The van der Waals surface area contributed by atoms with Gasteiger partial charge < -0.3 is 9.67 Å². The van der Waals surface area contributed by atoms with Crippen LogP contribution in [-0.4, -0.2) is 9.67 Å². The highest BCUT2D eigenvalue weighted by Crippen LogP contribution is 2.31. The monoisotopic (exact) mass is 231 g/mol. The van der Waals surface area contributed by atoms with Crippen molar-refractivity contribution in [1.82, 2.24) is 4.57 Å². The van der Waals surface area contributed by atoms with Crippen LogP contribution in [0.4, 0.5) is 0 Å². The van der Waals surface area contributed by atoms with E-state index < -0.39 is 6.10 Å². The van der Waals surface area contributed by atoms with E-state index in [-0.39, 0.29) is 0 Å². The zero-order valence-electron chi connectivity index (χ0n) is 11.1. The maximum atomic E-state index is 9.91. The molecule has 1 heterocycles. The molecule has 2 rings (SSSR count). The molecule has 1 atom stereocenters. The lowest BCUT2D eigenvalue weighted by Crippen LogP contribution is -1.95. The van der Waals surface area contributed by atoms with Gasteiger partial charge in [-0.05, 0) is 38.3 Å². The van der Waals surface area contributed by atoms with Crippen LogP contribution in [0.1, 0.15) is 43.1 Å². The first-order chi connectivity index (χ1) is 8.06. The number of rotatable bonds is 3. The van der Waals surface area contributed by atoms with Crippen LogP contribution in [0.5, 0.6) is 0 Å². The molecular formula is C15H21NO. The van der Waals surface area contributed by atoms with Gasteiger partial charge in [-0.15, -0.1) is 0 Å². The predicted octanol–water partition coefficient (Wildman–Crippen LogP) is 3.72. The van der Waals surface area contributed by atoms with E-state index in [4.69, 9.17) is 0 Å². The molecule has 2 nitrogen and oxygen atoms in total. The summed E-state index contributed by atoms with van der Waals surface area (Å²) in [4.78, 5) is 0. The maximum Gasteiger partial charge on any atom is 0.0782 e. The molecule has 1 aromatic carbocycles. The van der Waals surface area contributed by atoms with Gasteiger partial charge in [0.25, 0.3) is 0 Å². The number of fused-ring (bicyclic) bond motifs is 1. The molecule has 1 unspecified atom stereocenters. The number of aromatic nitrogens is 1. The molecule has 0 radical (unpaired) electrons. The van der Waals surface area contributed by atoms with Gasteiger partial charge in [-0.3, -0.25) is 0 Å². The van der Waals surface area contributed by atoms with E-state index in [2.05, 4.69) is 43.7 Å². The van der Waals surface area contributed by atoms with Gasteiger partial charge in [0, 0.05) is 23.7 Å². The summed E-state index contributed by atoms with van der Waals surface area (Å²) in [6.45, 7) is 9.28. The molecule has 1 N–H and O–H groups in total. The van der Waals surface area contributed by atoms with E-state index >= 15 is 0 Å². The van der Waals surface area contributed by atoms with Crippen molar-refractivity contribution in [2.75, 3.05) is 0 Å². The number of aliphatic hydroxyl groups excluding tert-OH is 1. The van der Waals surface area contributed by atoms with Crippen molar-refractivity contribution in [3.05, 3.63) is 35.0 Å². The lowest BCUT2D eigenvalue weighted by atomic mass is 10.0. The fourth-order valence-corrected chi connectivity index (χ4v) is 2.56. The van der Waals surface area contributed by atoms with Crippen LogP contribution >= 0.6 is 0 Å². The van der Waals surface area contributed by atoms with Crippen LogP contribution in [0, 0.1) is 13.8 Å². The first kappa shape index (κ1) is 12.2. The number of aliphatic hydroxyl groups is 1. The van der Waals surface area contributed by atoms with Gasteiger partial charge in [0.1, 0.15) is 0 Å². The number of hydrogen-bond donors (Lipinski definition) is 1. The molecule has 0 aliphatic rings. The van der Waals surface area contributed by atoms with Crippen LogP contribution in [-0.2, 0) is 6.54 Å². The molecule has 0 aliphatic carbocycles. The van der Waals surface area contributed by atoms with E-state index in [1.54, 1.807) is 0 Å². The molecule has 92 valence electrons. The Bertz CT molecular complexity index is 537. The quantitative estimate of drug-likeness (QED) is 0.855. The van der Waals surface area contributed by atoms with E-state index in [1.807, 2.05) is 6.92 Å². The Balaban J connectivity index is 2.80. The van der Waals surface area contributed by atoms with Crippen LogP contribution in [0.25, 0.3) is 10.9 Å². The smallest absolute Gasteiger partial charge is 0.0782 e. The van der Waals surface area contributed by atoms with Crippen molar-refractivity contribution in [2.24, 2.45) is 0 Å². The number of aryl methyl sites for hydroxylation is 3. The molecular weight excluding hydrogens is 210 g/mol. The summed E-state index contributed by atoms with van der Waals surface area (Å²) in [5.74, 6) is 0. The summed E-state index contributed by atoms with van der Waals surface area (Å²) >= 11 is 0. The van der Waals surface area contributed by atoms with Crippen molar-refractivity contribution in [2.45, 2.75) is 46.8 Å². The Hall–Kier alpha value is -1.28. The van der Waals surface area contributed by atoms with E-state index in [9.17, 15) is 5.11 Å². The lowest BCUT2D eigenvalue weighted by molar-refractivity contribution is 0.200. The molecule has 2 aromatic rings. The van der Waals surface area contributed by atoms with Crippen LogP contribution in [0.15, 0.2) is 18.3 Å². The molecule has 0 amide bonds. The highest BCUT2D eigenvalue weighted by molar-refractivity contribution is 5.90. The lowest BCUT2D eigenvalue weighted by Gasteiger charge is -2.07. The van der Waals surface area contributed by atoms with Gasteiger partial charge in [0.15, 0.2) is 0 Å². The second-order valence-electron chi connectivity index (χ2n) is 4.88.